The lowest BCUT2D eigenvalue weighted by Crippen LogP contribution is -2.26. The average molecular weight is 273 g/mol. The Bertz CT molecular complexity index is 604. The standard InChI is InChI=1S/C14H15N3O3/c1-3-20-14(18)13-10(2)16(9-17(13)19)12-6-4-5-11(7-12)8-15/h4-7,19H,3,9H2,1-2H3. The van der Waals surface area contributed by atoms with Gasteiger partial charge in [0.2, 0.25) is 0 Å². The Hall–Kier alpha value is -2.52. The van der Waals surface area contributed by atoms with Gasteiger partial charge in [-0.3, -0.25) is 5.21 Å². The maximum absolute atomic E-state index is 11.8. The number of nitrogens with zero attached hydrogens (tertiary/aromatic N) is 3. The van der Waals surface area contributed by atoms with Crippen LogP contribution in [0.15, 0.2) is 35.7 Å². The molecule has 20 heavy (non-hydrogen) atoms. The zero-order chi connectivity index (χ0) is 14.7. The summed E-state index contributed by atoms with van der Waals surface area (Å²) in [5, 5.41) is 19.7. The number of benzene rings is 1. The van der Waals surface area contributed by atoms with Crippen LogP contribution in [-0.2, 0) is 9.53 Å². The molecule has 0 aromatic heterocycles. The molecule has 104 valence electrons. The van der Waals surface area contributed by atoms with E-state index in [1.165, 1.54) is 0 Å². The van der Waals surface area contributed by atoms with Crippen LogP contribution in [0, 0.1) is 11.3 Å². The molecule has 0 fully saturated rings. The molecule has 1 heterocycles. The molecule has 1 aromatic rings. The van der Waals surface area contributed by atoms with E-state index < -0.39 is 5.97 Å². The highest BCUT2D eigenvalue weighted by Crippen LogP contribution is 2.29. The number of carbonyl (C=O) groups excluding carboxylic acids is 1. The number of nitriles is 1. The number of allylic oxidation sites excluding steroid dienone is 1. The van der Waals surface area contributed by atoms with Crippen LogP contribution >= 0.6 is 0 Å². The average Bonchev–Trinajstić information content (AvgIpc) is 2.74. The van der Waals surface area contributed by atoms with Crippen LogP contribution in [0.2, 0.25) is 0 Å². The summed E-state index contributed by atoms with van der Waals surface area (Å²) in [7, 11) is 0. The second kappa shape index (κ2) is 5.63. The molecule has 0 amide bonds. The predicted molar refractivity (Wildman–Crippen MR) is 71.5 cm³/mol. The first-order chi connectivity index (χ1) is 9.58. The number of anilines is 1. The van der Waals surface area contributed by atoms with Crippen molar-refractivity contribution in [2.75, 3.05) is 18.2 Å². The van der Waals surface area contributed by atoms with Gasteiger partial charge in [0, 0.05) is 5.69 Å². The minimum Gasteiger partial charge on any atom is -0.461 e. The SMILES string of the molecule is CCOC(=O)C1=C(C)N(c2cccc(C#N)c2)CN1O. The van der Waals surface area contributed by atoms with E-state index in [-0.39, 0.29) is 19.0 Å². The smallest absolute Gasteiger partial charge is 0.358 e. The Balaban J connectivity index is 2.35. The predicted octanol–water partition coefficient (Wildman–Crippen LogP) is 1.82. The summed E-state index contributed by atoms with van der Waals surface area (Å²) in [5.41, 5.74) is 1.96. The van der Waals surface area contributed by atoms with Gasteiger partial charge in [-0.15, -0.1) is 0 Å². The number of ether oxygens (including phenoxy) is 1. The van der Waals surface area contributed by atoms with Crippen molar-refractivity contribution in [3.05, 3.63) is 41.2 Å². The molecule has 1 aliphatic rings. The summed E-state index contributed by atoms with van der Waals surface area (Å²) in [6, 6.07) is 9.02. The molecule has 1 N–H and O–H groups in total. The van der Waals surface area contributed by atoms with Gasteiger partial charge < -0.3 is 9.64 Å². The molecular weight excluding hydrogens is 258 g/mol. The second-order valence-corrected chi connectivity index (χ2v) is 4.29. The molecule has 0 radical (unpaired) electrons. The number of hydroxylamine groups is 2. The summed E-state index contributed by atoms with van der Waals surface area (Å²) in [6.07, 6.45) is 0. The maximum Gasteiger partial charge on any atom is 0.358 e. The summed E-state index contributed by atoms with van der Waals surface area (Å²) < 4.78 is 4.92. The molecule has 0 spiro atoms. The van der Waals surface area contributed by atoms with Crippen molar-refractivity contribution in [1.29, 1.82) is 5.26 Å². The third-order valence-electron chi connectivity index (χ3n) is 3.04. The molecule has 0 atom stereocenters. The first-order valence-electron chi connectivity index (χ1n) is 6.20. The third-order valence-corrected chi connectivity index (χ3v) is 3.04. The lowest BCUT2D eigenvalue weighted by atomic mass is 10.2. The third kappa shape index (κ3) is 2.44. The van der Waals surface area contributed by atoms with Crippen LogP contribution in [0.5, 0.6) is 0 Å². The van der Waals surface area contributed by atoms with E-state index in [9.17, 15) is 10.0 Å². The van der Waals surface area contributed by atoms with Gasteiger partial charge in [-0.05, 0) is 32.0 Å². The van der Waals surface area contributed by atoms with E-state index in [4.69, 9.17) is 10.00 Å². The van der Waals surface area contributed by atoms with Crippen LogP contribution in [0.4, 0.5) is 5.69 Å². The van der Waals surface area contributed by atoms with Gasteiger partial charge >= 0.3 is 5.97 Å². The lowest BCUT2D eigenvalue weighted by molar-refractivity contribution is -0.146. The van der Waals surface area contributed by atoms with Crippen LogP contribution in [0.3, 0.4) is 0 Å². The monoisotopic (exact) mass is 273 g/mol. The first-order valence-corrected chi connectivity index (χ1v) is 6.20. The fourth-order valence-electron chi connectivity index (χ4n) is 2.10. The van der Waals surface area contributed by atoms with E-state index in [0.29, 0.717) is 11.3 Å². The van der Waals surface area contributed by atoms with E-state index in [1.807, 2.05) is 6.07 Å². The Morgan fingerprint density at radius 2 is 2.30 bits per heavy atom. The van der Waals surface area contributed by atoms with Gasteiger partial charge in [-0.2, -0.15) is 5.26 Å². The van der Waals surface area contributed by atoms with Crippen LogP contribution in [0.25, 0.3) is 0 Å². The molecule has 1 aliphatic heterocycles. The van der Waals surface area contributed by atoms with Crippen LogP contribution < -0.4 is 4.90 Å². The van der Waals surface area contributed by atoms with Crippen molar-refractivity contribution in [2.24, 2.45) is 0 Å². The molecule has 0 bridgehead atoms. The van der Waals surface area contributed by atoms with Crippen molar-refractivity contribution in [3.8, 4) is 6.07 Å². The summed E-state index contributed by atoms with van der Waals surface area (Å²) in [5.74, 6) is -0.563. The van der Waals surface area contributed by atoms with E-state index in [1.54, 1.807) is 36.9 Å². The lowest BCUT2D eigenvalue weighted by Gasteiger charge is -2.19. The Morgan fingerprint density at radius 3 is 2.95 bits per heavy atom. The Morgan fingerprint density at radius 1 is 1.55 bits per heavy atom. The van der Waals surface area contributed by atoms with E-state index in [2.05, 4.69) is 6.07 Å². The van der Waals surface area contributed by atoms with E-state index in [0.717, 1.165) is 10.8 Å². The molecule has 1 aromatic carbocycles. The highest BCUT2D eigenvalue weighted by molar-refractivity contribution is 5.90. The quantitative estimate of drug-likeness (QED) is 0.846. The van der Waals surface area contributed by atoms with Crippen molar-refractivity contribution >= 4 is 11.7 Å². The van der Waals surface area contributed by atoms with Crippen molar-refractivity contribution < 1.29 is 14.7 Å². The largest absolute Gasteiger partial charge is 0.461 e. The van der Waals surface area contributed by atoms with Crippen molar-refractivity contribution in [3.63, 3.8) is 0 Å². The molecule has 0 saturated heterocycles. The van der Waals surface area contributed by atoms with Gasteiger partial charge in [0.15, 0.2) is 5.70 Å². The molecule has 0 saturated carbocycles. The maximum atomic E-state index is 11.8. The second-order valence-electron chi connectivity index (χ2n) is 4.29. The Labute approximate surface area is 117 Å². The Kier molecular flexibility index (Phi) is 3.91. The molecule has 6 nitrogen and oxygen atoms in total. The van der Waals surface area contributed by atoms with Crippen molar-refractivity contribution in [2.45, 2.75) is 13.8 Å². The molecule has 2 rings (SSSR count). The summed E-state index contributed by atoms with van der Waals surface area (Å²) >= 11 is 0. The van der Waals surface area contributed by atoms with Crippen molar-refractivity contribution in [1.82, 2.24) is 5.06 Å². The number of hydrogen-bond acceptors (Lipinski definition) is 6. The van der Waals surface area contributed by atoms with Gasteiger partial charge in [-0.1, -0.05) is 6.07 Å². The topological polar surface area (TPSA) is 76.8 Å². The number of hydrogen-bond donors (Lipinski definition) is 1. The highest BCUT2D eigenvalue weighted by Gasteiger charge is 2.32. The minimum absolute atomic E-state index is 0.120. The summed E-state index contributed by atoms with van der Waals surface area (Å²) in [4.78, 5) is 13.5. The fourth-order valence-corrected chi connectivity index (χ4v) is 2.10. The first kappa shape index (κ1) is 13.9. The van der Waals surface area contributed by atoms with Gasteiger partial charge in [-0.25, -0.2) is 9.86 Å². The van der Waals surface area contributed by atoms with Crippen LogP contribution in [-0.4, -0.2) is 29.5 Å². The molecular formula is C14H15N3O3. The minimum atomic E-state index is -0.563. The van der Waals surface area contributed by atoms with Crippen LogP contribution in [0.1, 0.15) is 19.4 Å². The highest BCUT2D eigenvalue weighted by atomic mass is 16.6. The number of esters is 1. The zero-order valence-electron chi connectivity index (χ0n) is 11.3. The van der Waals surface area contributed by atoms with Gasteiger partial charge in [0.1, 0.15) is 6.67 Å². The molecule has 6 heteroatoms. The number of carbonyl (C=O) groups is 1. The zero-order valence-corrected chi connectivity index (χ0v) is 11.3. The molecule has 0 aliphatic carbocycles. The molecule has 0 unspecified atom stereocenters. The fraction of sp³-hybridized carbons (Fsp3) is 0.286. The van der Waals surface area contributed by atoms with Gasteiger partial charge in [0.05, 0.1) is 23.9 Å². The normalized spacial score (nSPS) is 14.5. The van der Waals surface area contributed by atoms with E-state index >= 15 is 0 Å². The summed E-state index contributed by atoms with van der Waals surface area (Å²) in [6.45, 7) is 3.79. The number of rotatable bonds is 3. The van der Waals surface area contributed by atoms with Gasteiger partial charge in [0.25, 0.3) is 0 Å².